The first kappa shape index (κ1) is 22.8. The summed E-state index contributed by atoms with van der Waals surface area (Å²) in [6.45, 7) is 6.39. The number of sulfonamides is 1. The molecule has 10 nitrogen and oxygen atoms in total. The maximum atomic E-state index is 12.8. The number of nitrogens with one attached hydrogen (secondary N) is 2. The molecule has 32 heavy (non-hydrogen) atoms. The van der Waals surface area contributed by atoms with E-state index in [1.54, 1.807) is 23.1 Å². The molecule has 2 saturated heterocycles. The van der Waals surface area contributed by atoms with Gasteiger partial charge in [-0.2, -0.15) is 0 Å². The zero-order chi connectivity index (χ0) is 22.6. The van der Waals surface area contributed by atoms with Gasteiger partial charge in [-0.1, -0.05) is 18.2 Å². The molecule has 1 aromatic heterocycles. The van der Waals surface area contributed by atoms with Gasteiger partial charge in [-0.25, -0.2) is 13.1 Å². The summed E-state index contributed by atoms with van der Waals surface area (Å²) in [5, 5.41) is 7.87. The first-order valence-electron chi connectivity index (χ1n) is 11.1. The average molecular weight is 462 g/mol. The maximum absolute atomic E-state index is 12.8. The van der Waals surface area contributed by atoms with Crippen LogP contribution in [0.1, 0.15) is 29.3 Å². The third-order valence-corrected chi connectivity index (χ3v) is 7.65. The fourth-order valence-electron chi connectivity index (χ4n) is 4.21. The smallest absolute Gasteiger partial charge is 0.291 e. The number of carbonyl (C=O) groups is 1. The van der Waals surface area contributed by atoms with Crippen molar-refractivity contribution in [2.75, 3.05) is 52.9 Å². The van der Waals surface area contributed by atoms with Gasteiger partial charge >= 0.3 is 0 Å². The fraction of sp³-hybridized carbons (Fsp3) is 0.571. The quantitative estimate of drug-likeness (QED) is 0.613. The molecule has 3 heterocycles. The lowest BCUT2D eigenvalue weighted by Gasteiger charge is -2.38. The Morgan fingerprint density at radius 1 is 1.06 bits per heavy atom. The van der Waals surface area contributed by atoms with Gasteiger partial charge in [0.15, 0.2) is 0 Å². The Hall–Kier alpha value is -2.34. The van der Waals surface area contributed by atoms with Crippen molar-refractivity contribution in [2.24, 2.45) is 5.92 Å². The van der Waals surface area contributed by atoms with Crippen molar-refractivity contribution >= 4 is 15.9 Å². The molecule has 0 unspecified atom stereocenters. The molecule has 0 bridgehead atoms. The predicted octanol–water partition coefficient (Wildman–Crippen LogP) is 0.383. The lowest BCUT2D eigenvalue weighted by Crippen LogP contribution is -2.50. The molecule has 0 spiro atoms. The standard InChI is InChI=1S/C21H31N7O3S/c1-26-9-7-17(8-10-26)16-27-11-13-28(14-12-27)21(29)20-23-19(24-25-20)15-22-32(30,31)18-5-3-2-4-6-18/h2-6,17,22H,7-16H2,1H3,(H,23,24,25). The van der Waals surface area contributed by atoms with Crippen molar-refractivity contribution in [3.63, 3.8) is 0 Å². The van der Waals surface area contributed by atoms with Crippen LogP contribution in [0.4, 0.5) is 0 Å². The topological polar surface area (TPSA) is 115 Å². The summed E-state index contributed by atoms with van der Waals surface area (Å²) in [5.41, 5.74) is 0. The van der Waals surface area contributed by atoms with Gasteiger partial charge in [-0.05, 0) is 51.0 Å². The number of nitrogens with zero attached hydrogens (tertiary/aromatic N) is 5. The normalized spacial score (nSPS) is 19.3. The average Bonchev–Trinajstić information content (AvgIpc) is 3.29. The summed E-state index contributed by atoms with van der Waals surface area (Å²) < 4.78 is 27.1. The van der Waals surface area contributed by atoms with Gasteiger partial charge in [0, 0.05) is 32.7 Å². The zero-order valence-corrected chi connectivity index (χ0v) is 19.2. The van der Waals surface area contributed by atoms with E-state index in [9.17, 15) is 13.2 Å². The van der Waals surface area contributed by atoms with Crippen LogP contribution in [0.15, 0.2) is 35.2 Å². The third-order valence-electron chi connectivity index (χ3n) is 6.23. The van der Waals surface area contributed by atoms with Crippen LogP contribution in [-0.2, 0) is 16.6 Å². The van der Waals surface area contributed by atoms with Gasteiger partial charge in [0.05, 0.1) is 11.4 Å². The van der Waals surface area contributed by atoms with E-state index in [1.807, 2.05) is 0 Å². The van der Waals surface area contributed by atoms with Crippen molar-refractivity contribution < 1.29 is 13.2 Å². The van der Waals surface area contributed by atoms with Gasteiger partial charge in [0.2, 0.25) is 15.8 Å². The molecular formula is C21H31N7O3S. The molecule has 0 saturated carbocycles. The Balaban J connectivity index is 1.25. The molecule has 11 heteroatoms. The maximum Gasteiger partial charge on any atom is 0.291 e. The molecule has 2 aliphatic heterocycles. The van der Waals surface area contributed by atoms with Gasteiger partial charge in [-0.15, -0.1) is 10.2 Å². The second kappa shape index (κ2) is 10.1. The first-order valence-corrected chi connectivity index (χ1v) is 12.6. The molecule has 2 aliphatic rings. The van der Waals surface area contributed by atoms with E-state index in [0.29, 0.717) is 18.9 Å². The molecule has 2 aromatic rings. The Morgan fingerprint density at radius 2 is 1.75 bits per heavy atom. The summed E-state index contributed by atoms with van der Waals surface area (Å²) in [6, 6.07) is 8.11. The summed E-state index contributed by atoms with van der Waals surface area (Å²) in [6.07, 6.45) is 2.48. The number of likely N-dealkylation sites (tertiary alicyclic amines) is 1. The van der Waals surface area contributed by atoms with Crippen molar-refractivity contribution in [3.8, 4) is 0 Å². The van der Waals surface area contributed by atoms with Gasteiger partial charge < -0.3 is 14.8 Å². The van der Waals surface area contributed by atoms with Crippen LogP contribution in [-0.4, -0.2) is 97.1 Å². The fourth-order valence-corrected chi connectivity index (χ4v) is 5.22. The van der Waals surface area contributed by atoms with Gasteiger partial charge in [0.1, 0.15) is 5.82 Å². The molecule has 4 rings (SSSR count). The molecule has 0 atom stereocenters. The van der Waals surface area contributed by atoms with Crippen LogP contribution in [0, 0.1) is 5.92 Å². The van der Waals surface area contributed by atoms with Crippen molar-refractivity contribution in [1.29, 1.82) is 0 Å². The lowest BCUT2D eigenvalue weighted by molar-refractivity contribution is 0.0583. The SMILES string of the molecule is CN1CCC(CN2CCN(C(=O)c3nnc(CNS(=O)(=O)c4ccccc4)[nH]3)CC2)CC1. The summed E-state index contributed by atoms with van der Waals surface area (Å²) >= 11 is 0. The van der Waals surface area contributed by atoms with Crippen molar-refractivity contribution in [2.45, 2.75) is 24.3 Å². The van der Waals surface area contributed by atoms with Crippen LogP contribution in [0.25, 0.3) is 0 Å². The molecular weight excluding hydrogens is 430 g/mol. The number of piperidine rings is 1. The Kier molecular flexibility index (Phi) is 7.19. The second-order valence-corrected chi connectivity index (χ2v) is 10.4. The highest BCUT2D eigenvalue weighted by Crippen LogP contribution is 2.18. The van der Waals surface area contributed by atoms with Crippen LogP contribution < -0.4 is 4.72 Å². The number of aromatic nitrogens is 3. The Bertz CT molecular complexity index is 995. The molecule has 1 amide bonds. The minimum Gasteiger partial charge on any atom is -0.333 e. The monoisotopic (exact) mass is 461 g/mol. The van der Waals surface area contributed by atoms with E-state index >= 15 is 0 Å². The van der Waals surface area contributed by atoms with E-state index < -0.39 is 10.0 Å². The van der Waals surface area contributed by atoms with Crippen LogP contribution >= 0.6 is 0 Å². The number of hydrogen-bond acceptors (Lipinski definition) is 7. The number of aromatic amines is 1. The van der Waals surface area contributed by atoms with E-state index in [-0.39, 0.29) is 23.2 Å². The van der Waals surface area contributed by atoms with Gasteiger partial charge in [0.25, 0.3) is 5.91 Å². The number of carbonyl (C=O) groups excluding carboxylic acids is 1. The second-order valence-electron chi connectivity index (χ2n) is 8.60. The molecule has 0 radical (unpaired) electrons. The molecule has 0 aliphatic carbocycles. The van der Waals surface area contributed by atoms with Crippen LogP contribution in [0.5, 0.6) is 0 Å². The highest BCUT2D eigenvalue weighted by atomic mass is 32.2. The highest BCUT2D eigenvalue weighted by molar-refractivity contribution is 7.89. The summed E-state index contributed by atoms with van der Waals surface area (Å²) in [7, 11) is -1.48. The summed E-state index contributed by atoms with van der Waals surface area (Å²) in [5.74, 6) is 0.981. The number of rotatable bonds is 7. The number of piperazine rings is 1. The Morgan fingerprint density at radius 3 is 2.44 bits per heavy atom. The van der Waals surface area contributed by atoms with E-state index in [4.69, 9.17) is 0 Å². The minimum atomic E-state index is -3.65. The number of amides is 1. The zero-order valence-electron chi connectivity index (χ0n) is 18.4. The predicted molar refractivity (Wildman–Crippen MR) is 119 cm³/mol. The van der Waals surface area contributed by atoms with E-state index in [2.05, 4.69) is 36.8 Å². The van der Waals surface area contributed by atoms with Gasteiger partial charge in [-0.3, -0.25) is 9.69 Å². The van der Waals surface area contributed by atoms with Crippen molar-refractivity contribution in [1.82, 2.24) is 34.6 Å². The molecule has 174 valence electrons. The molecule has 1 aromatic carbocycles. The Labute approximate surface area is 189 Å². The number of benzene rings is 1. The van der Waals surface area contributed by atoms with Crippen LogP contribution in [0.2, 0.25) is 0 Å². The largest absolute Gasteiger partial charge is 0.333 e. The van der Waals surface area contributed by atoms with E-state index in [1.165, 1.54) is 38.1 Å². The first-order chi connectivity index (χ1) is 15.4. The summed E-state index contributed by atoms with van der Waals surface area (Å²) in [4.78, 5) is 22.4. The number of H-pyrrole nitrogens is 1. The van der Waals surface area contributed by atoms with E-state index in [0.717, 1.165) is 25.6 Å². The molecule has 2 N–H and O–H groups in total. The molecule has 2 fully saturated rings. The minimum absolute atomic E-state index is 0.0676. The van der Waals surface area contributed by atoms with Crippen LogP contribution in [0.3, 0.4) is 0 Å². The lowest BCUT2D eigenvalue weighted by atomic mass is 9.96. The highest BCUT2D eigenvalue weighted by Gasteiger charge is 2.27. The third kappa shape index (κ3) is 5.71. The van der Waals surface area contributed by atoms with Crippen molar-refractivity contribution in [3.05, 3.63) is 42.0 Å². The number of hydrogen-bond donors (Lipinski definition) is 2.